The summed E-state index contributed by atoms with van der Waals surface area (Å²) < 4.78 is 14.6. The third-order valence-electron chi connectivity index (χ3n) is 5.39. The van der Waals surface area contributed by atoms with E-state index in [0.29, 0.717) is 43.6 Å². The maximum atomic E-state index is 13.0. The predicted octanol–water partition coefficient (Wildman–Crippen LogP) is 2.28. The van der Waals surface area contributed by atoms with Crippen molar-refractivity contribution in [3.05, 3.63) is 59.4 Å². The van der Waals surface area contributed by atoms with Crippen LogP contribution in [0.15, 0.2) is 42.5 Å². The summed E-state index contributed by atoms with van der Waals surface area (Å²) in [5.74, 6) is -0.498. The number of hydrogen-bond donors (Lipinski definition) is 1. The number of fused-ring (bicyclic) bond motifs is 1. The summed E-state index contributed by atoms with van der Waals surface area (Å²) in [4.78, 5) is 27.0. The lowest BCUT2D eigenvalue weighted by atomic mass is 9.95. The SMILES string of the molecule is Cn1nnc2cc(C(=O)N3CCC(C(=O)NCc4ccc(F)cc4)CC3)ccc21. The quantitative estimate of drug-likeness (QED) is 0.735. The van der Waals surface area contributed by atoms with Gasteiger partial charge in [-0.2, -0.15) is 0 Å². The van der Waals surface area contributed by atoms with Crippen LogP contribution in [0.5, 0.6) is 0 Å². The Morgan fingerprint density at radius 2 is 1.86 bits per heavy atom. The van der Waals surface area contributed by atoms with Gasteiger partial charge >= 0.3 is 0 Å². The number of rotatable bonds is 4. The van der Waals surface area contributed by atoms with Crippen LogP contribution in [0, 0.1) is 11.7 Å². The summed E-state index contributed by atoms with van der Waals surface area (Å²) in [6, 6.07) is 11.5. The van der Waals surface area contributed by atoms with Crippen LogP contribution in [0.25, 0.3) is 11.0 Å². The highest BCUT2D eigenvalue weighted by atomic mass is 19.1. The maximum Gasteiger partial charge on any atom is 0.253 e. The van der Waals surface area contributed by atoms with Crippen molar-refractivity contribution in [3.63, 3.8) is 0 Å². The highest BCUT2D eigenvalue weighted by molar-refractivity contribution is 5.97. The minimum Gasteiger partial charge on any atom is -0.352 e. The van der Waals surface area contributed by atoms with E-state index in [1.54, 1.807) is 33.8 Å². The number of carbonyl (C=O) groups is 2. The molecule has 1 aromatic heterocycles. The van der Waals surface area contributed by atoms with Gasteiger partial charge in [-0.1, -0.05) is 17.3 Å². The zero-order valence-corrected chi connectivity index (χ0v) is 16.1. The molecule has 0 atom stereocenters. The first kappa shape index (κ1) is 19.0. The Balaban J connectivity index is 1.31. The average molecular weight is 395 g/mol. The Kier molecular flexibility index (Phi) is 5.24. The number of likely N-dealkylation sites (tertiary alicyclic amines) is 1. The Bertz CT molecular complexity index is 1040. The van der Waals surface area contributed by atoms with Crippen molar-refractivity contribution in [2.45, 2.75) is 19.4 Å². The molecule has 7 nitrogen and oxygen atoms in total. The summed E-state index contributed by atoms with van der Waals surface area (Å²) >= 11 is 0. The van der Waals surface area contributed by atoms with Gasteiger partial charge in [0, 0.05) is 38.2 Å². The first-order valence-electron chi connectivity index (χ1n) is 9.62. The lowest BCUT2D eigenvalue weighted by Crippen LogP contribution is -2.42. The van der Waals surface area contributed by atoms with E-state index >= 15 is 0 Å². The molecule has 150 valence electrons. The molecule has 3 aromatic rings. The van der Waals surface area contributed by atoms with Crippen LogP contribution in [-0.4, -0.2) is 44.8 Å². The van der Waals surface area contributed by atoms with E-state index in [-0.39, 0.29) is 23.5 Å². The molecule has 0 bridgehead atoms. The third kappa shape index (κ3) is 4.11. The molecule has 1 N–H and O–H groups in total. The molecular weight excluding hydrogens is 373 g/mol. The molecule has 1 fully saturated rings. The van der Waals surface area contributed by atoms with Crippen molar-refractivity contribution < 1.29 is 14.0 Å². The number of nitrogens with one attached hydrogen (secondary N) is 1. The van der Waals surface area contributed by atoms with Crippen molar-refractivity contribution in [2.75, 3.05) is 13.1 Å². The first-order valence-corrected chi connectivity index (χ1v) is 9.62. The van der Waals surface area contributed by atoms with Gasteiger partial charge in [0.15, 0.2) is 0 Å². The van der Waals surface area contributed by atoms with Crippen LogP contribution in [0.3, 0.4) is 0 Å². The van der Waals surface area contributed by atoms with Crippen molar-refractivity contribution in [2.24, 2.45) is 13.0 Å². The molecule has 2 heterocycles. The molecule has 1 aliphatic heterocycles. The van der Waals surface area contributed by atoms with Gasteiger partial charge in [-0.05, 0) is 48.7 Å². The number of carbonyl (C=O) groups excluding carboxylic acids is 2. The monoisotopic (exact) mass is 395 g/mol. The molecular formula is C21H22FN5O2. The molecule has 0 unspecified atom stereocenters. The smallest absolute Gasteiger partial charge is 0.253 e. The van der Waals surface area contributed by atoms with Gasteiger partial charge < -0.3 is 10.2 Å². The summed E-state index contributed by atoms with van der Waals surface area (Å²) in [7, 11) is 1.81. The van der Waals surface area contributed by atoms with Crippen LogP contribution >= 0.6 is 0 Å². The number of piperidine rings is 1. The van der Waals surface area contributed by atoms with Crippen molar-refractivity contribution >= 4 is 22.8 Å². The number of amides is 2. The van der Waals surface area contributed by atoms with Gasteiger partial charge in [0.25, 0.3) is 5.91 Å². The molecule has 8 heteroatoms. The van der Waals surface area contributed by atoms with Gasteiger partial charge in [-0.3, -0.25) is 9.59 Å². The Morgan fingerprint density at radius 3 is 2.59 bits per heavy atom. The van der Waals surface area contributed by atoms with E-state index in [1.165, 1.54) is 12.1 Å². The minimum atomic E-state index is -0.296. The van der Waals surface area contributed by atoms with Crippen LogP contribution in [0.1, 0.15) is 28.8 Å². The van der Waals surface area contributed by atoms with E-state index < -0.39 is 0 Å². The molecule has 2 amide bonds. The standard InChI is InChI=1S/C21H22FN5O2/c1-26-19-7-4-16(12-18(19)24-25-26)21(29)27-10-8-15(9-11-27)20(28)23-13-14-2-5-17(22)6-3-14/h2-7,12,15H,8-11,13H2,1H3,(H,23,28). The predicted molar refractivity (Wildman–Crippen MR) is 105 cm³/mol. The van der Waals surface area contributed by atoms with Gasteiger partial charge in [-0.25, -0.2) is 9.07 Å². The maximum absolute atomic E-state index is 13.0. The second-order valence-corrected chi connectivity index (χ2v) is 7.33. The van der Waals surface area contributed by atoms with Gasteiger partial charge in [0.2, 0.25) is 5.91 Å². The fourth-order valence-electron chi connectivity index (χ4n) is 3.64. The van der Waals surface area contributed by atoms with Crippen molar-refractivity contribution in [3.8, 4) is 0 Å². The summed E-state index contributed by atoms with van der Waals surface area (Å²) in [6.45, 7) is 1.44. The molecule has 0 spiro atoms. The van der Waals surface area contributed by atoms with Crippen LogP contribution in [-0.2, 0) is 18.4 Å². The summed E-state index contributed by atoms with van der Waals surface area (Å²) in [5, 5.41) is 10.9. The minimum absolute atomic E-state index is 0.0256. The lowest BCUT2D eigenvalue weighted by Gasteiger charge is -2.31. The Morgan fingerprint density at radius 1 is 1.14 bits per heavy atom. The number of aryl methyl sites for hydroxylation is 1. The van der Waals surface area contributed by atoms with Gasteiger partial charge in [0.05, 0.1) is 5.52 Å². The molecule has 29 heavy (non-hydrogen) atoms. The van der Waals surface area contributed by atoms with Crippen molar-refractivity contribution in [1.29, 1.82) is 0 Å². The number of hydrogen-bond acceptors (Lipinski definition) is 4. The molecule has 1 aliphatic rings. The summed E-state index contributed by atoms with van der Waals surface area (Å²) in [6.07, 6.45) is 1.24. The molecule has 0 saturated carbocycles. The van der Waals surface area contributed by atoms with Crippen LogP contribution in [0.2, 0.25) is 0 Å². The Labute approximate surface area is 167 Å². The zero-order chi connectivity index (χ0) is 20.4. The fourth-order valence-corrected chi connectivity index (χ4v) is 3.64. The van der Waals surface area contributed by atoms with E-state index in [2.05, 4.69) is 15.6 Å². The van der Waals surface area contributed by atoms with E-state index in [0.717, 1.165) is 11.1 Å². The normalized spacial score (nSPS) is 14.9. The first-order chi connectivity index (χ1) is 14.0. The zero-order valence-electron chi connectivity index (χ0n) is 16.1. The number of halogens is 1. The lowest BCUT2D eigenvalue weighted by molar-refractivity contribution is -0.126. The molecule has 0 aliphatic carbocycles. The number of aromatic nitrogens is 3. The second kappa shape index (κ2) is 7.98. The van der Waals surface area contributed by atoms with E-state index in [4.69, 9.17) is 0 Å². The average Bonchev–Trinajstić information content (AvgIpc) is 3.13. The summed E-state index contributed by atoms with van der Waals surface area (Å²) in [5.41, 5.74) is 3.00. The molecule has 1 saturated heterocycles. The van der Waals surface area contributed by atoms with Gasteiger partial charge in [-0.15, -0.1) is 5.10 Å². The topological polar surface area (TPSA) is 80.1 Å². The largest absolute Gasteiger partial charge is 0.352 e. The Hall–Kier alpha value is -3.29. The molecule has 0 radical (unpaired) electrons. The third-order valence-corrected chi connectivity index (χ3v) is 5.39. The number of nitrogens with zero attached hydrogens (tertiary/aromatic N) is 4. The second-order valence-electron chi connectivity index (χ2n) is 7.33. The van der Waals surface area contributed by atoms with Crippen LogP contribution in [0.4, 0.5) is 4.39 Å². The van der Waals surface area contributed by atoms with Crippen molar-refractivity contribution in [1.82, 2.24) is 25.2 Å². The fraction of sp³-hybridized carbons (Fsp3) is 0.333. The molecule has 4 rings (SSSR count). The van der Waals surface area contributed by atoms with E-state index in [1.807, 2.05) is 13.1 Å². The molecule has 2 aromatic carbocycles. The van der Waals surface area contributed by atoms with Gasteiger partial charge in [0.1, 0.15) is 11.3 Å². The highest BCUT2D eigenvalue weighted by Gasteiger charge is 2.28. The van der Waals surface area contributed by atoms with Crippen LogP contribution < -0.4 is 5.32 Å². The van der Waals surface area contributed by atoms with E-state index in [9.17, 15) is 14.0 Å². The highest BCUT2D eigenvalue weighted by Crippen LogP contribution is 2.21. The number of benzene rings is 2.